The molecule has 1 saturated heterocycles. The zero-order valence-electron chi connectivity index (χ0n) is 10.5. The Morgan fingerprint density at radius 1 is 1.39 bits per heavy atom. The van der Waals surface area contributed by atoms with E-state index in [2.05, 4.69) is 4.98 Å². The fourth-order valence-corrected chi connectivity index (χ4v) is 2.31. The van der Waals surface area contributed by atoms with Crippen LogP contribution in [0.15, 0.2) is 18.5 Å². The van der Waals surface area contributed by atoms with Crippen LogP contribution in [-0.2, 0) is 4.79 Å². The molecule has 1 aromatic rings. The van der Waals surface area contributed by atoms with Crippen LogP contribution in [0.2, 0.25) is 0 Å². The maximum absolute atomic E-state index is 12.2. The zero-order valence-corrected chi connectivity index (χ0v) is 10.5. The summed E-state index contributed by atoms with van der Waals surface area (Å²) in [6.45, 7) is 4.50. The average Bonchev–Trinajstić information content (AvgIpc) is 2.70. The molecule has 0 radical (unpaired) electrons. The van der Waals surface area contributed by atoms with Crippen molar-refractivity contribution < 1.29 is 14.7 Å². The first-order chi connectivity index (χ1) is 8.49. The Kier molecular flexibility index (Phi) is 3.32. The zero-order chi connectivity index (χ0) is 13.3. The van der Waals surface area contributed by atoms with E-state index in [1.807, 2.05) is 13.8 Å². The number of pyridine rings is 1. The third-order valence-electron chi connectivity index (χ3n) is 3.34. The highest BCUT2D eigenvalue weighted by molar-refractivity contribution is 5.94. The van der Waals surface area contributed by atoms with Crippen molar-refractivity contribution in [1.29, 1.82) is 0 Å². The van der Waals surface area contributed by atoms with Crippen molar-refractivity contribution in [3.63, 3.8) is 0 Å². The number of carboxylic acid groups (broad SMARTS) is 1. The summed E-state index contributed by atoms with van der Waals surface area (Å²) in [6.07, 6.45) is 3.21. The van der Waals surface area contributed by atoms with Crippen LogP contribution in [0, 0.1) is 18.8 Å². The summed E-state index contributed by atoms with van der Waals surface area (Å²) < 4.78 is 0. The predicted molar refractivity (Wildman–Crippen MR) is 65.2 cm³/mol. The molecule has 0 bridgehead atoms. The molecule has 1 aliphatic rings. The summed E-state index contributed by atoms with van der Waals surface area (Å²) in [5.41, 5.74) is 1.44. The fraction of sp³-hybridized carbons (Fsp3) is 0.462. The molecule has 2 unspecified atom stereocenters. The number of carboxylic acids is 1. The van der Waals surface area contributed by atoms with Crippen LogP contribution in [0.5, 0.6) is 0 Å². The molecular weight excluding hydrogens is 232 g/mol. The van der Waals surface area contributed by atoms with E-state index in [1.54, 1.807) is 17.2 Å². The Bertz CT molecular complexity index is 487. The lowest BCUT2D eigenvalue weighted by atomic mass is 9.99. The minimum Gasteiger partial charge on any atom is -0.481 e. The second kappa shape index (κ2) is 4.76. The van der Waals surface area contributed by atoms with E-state index in [9.17, 15) is 9.59 Å². The number of aromatic nitrogens is 1. The van der Waals surface area contributed by atoms with Gasteiger partial charge in [-0.15, -0.1) is 0 Å². The molecule has 1 amide bonds. The third-order valence-corrected chi connectivity index (χ3v) is 3.34. The molecule has 0 aliphatic carbocycles. The van der Waals surface area contributed by atoms with Crippen LogP contribution in [0.25, 0.3) is 0 Å². The summed E-state index contributed by atoms with van der Waals surface area (Å²) in [7, 11) is 0. The Morgan fingerprint density at radius 2 is 2.11 bits per heavy atom. The van der Waals surface area contributed by atoms with E-state index in [0.29, 0.717) is 12.1 Å². The van der Waals surface area contributed by atoms with Crippen molar-refractivity contribution in [2.75, 3.05) is 13.1 Å². The van der Waals surface area contributed by atoms with E-state index in [0.717, 1.165) is 5.56 Å². The van der Waals surface area contributed by atoms with Gasteiger partial charge in [0.15, 0.2) is 0 Å². The lowest BCUT2D eigenvalue weighted by Gasteiger charge is -2.15. The van der Waals surface area contributed by atoms with Crippen LogP contribution in [0.4, 0.5) is 0 Å². The Morgan fingerprint density at radius 3 is 2.67 bits per heavy atom. The smallest absolute Gasteiger partial charge is 0.308 e. The molecule has 1 aromatic heterocycles. The molecule has 2 heterocycles. The van der Waals surface area contributed by atoms with Gasteiger partial charge in [0.1, 0.15) is 0 Å². The minimum absolute atomic E-state index is 0.00998. The van der Waals surface area contributed by atoms with E-state index < -0.39 is 11.9 Å². The van der Waals surface area contributed by atoms with Crippen molar-refractivity contribution in [2.45, 2.75) is 13.8 Å². The maximum atomic E-state index is 12.2. The lowest BCUT2D eigenvalue weighted by molar-refractivity contribution is -0.142. The summed E-state index contributed by atoms with van der Waals surface area (Å²) in [6, 6.07) is 1.77. The molecule has 2 atom stereocenters. The van der Waals surface area contributed by atoms with Crippen molar-refractivity contribution in [3.05, 3.63) is 29.6 Å². The highest BCUT2D eigenvalue weighted by Gasteiger charge is 2.37. The van der Waals surface area contributed by atoms with Gasteiger partial charge in [0, 0.05) is 25.5 Å². The monoisotopic (exact) mass is 248 g/mol. The van der Waals surface area contributed by atoms with Gasteiger partial charge in [-0.1, -0.05) is 6.92 Å². The van der Waals surface area contributed by atoms with Gasteiger partial charge in [0.25, 0.3) is 5.91 Å². The summed E-state index contributed by atoms with van der Waals surface area (Å²) in [4.78, 5) is 28.8. The van der Waals surface area contributed by atoms with Gasteiger partial charge in [0.05, 0.1) is 11.5 Å². The van der Waals surface area contributed by atoms with E-state index in [-0.39, 0.29) is 18.4 Å². The number of hydrogen-bond donors (Lipinski definition) is 1. The molecule has 1 aliphatic heterocycles. The normalized spacial score (nSPS) is 23.1. The summed E-state index contributed by atoms with van der Waals surface area (Å²) in [5.74, 6) is -1.45. The van der Waals surface area contributed by atoms with Gasteiger partial charge in [0.2, 0.25) is 0 Å². The first-order valence-corrected chi connectivity index (χ1v) is 5.92. The largest absolute Gasteiger partial charge is 0.481 e. The average molecular weight is 248 g/mol. The van der Waals surface area contributed by atoms with Gasteiger partial charge in [-0.3, -0.25) is 14.6 Å². The second-order valence-electron chi connectivity index (χ2n) is 4.88. The van der Waals surface area contributed by atoms with Crippen LogP contribution in [0.3, 0.4) is 0 Å². The van der Waals surface area contributed by atoms with Gasteiger partial charge in [-0.2, -0.15) is 0 Å². The number of rotatable bonds is 2. The molecule has 96 valence electrons. The number of aliphatic carboxylic acids is 1. The molecule has 1 N–H and O–H groups in total. The number of amides is 1. The number of likely N-dealkylation sites (tertiary alicyclic amines) is 1. The van der Waals surface area contributed by atoms with Gasteiger partial charge < -0.3 is 10.0 Å². The second-order valence-corrected chi connectivity index (χ2v) is 4.88. The number of carbonyl (C=O) groups excluding carboxylic acids is 1. The third kappa shape index (κ3) is 2.34. The first-order valence-electron chi connectivity index (χ1n) is 5.92. The van der Waals surface area contributed by atoms with E-state index >= 15 is 0 Å². The molecule has 2 rings (SSSR count). The van der Waals surface area contributed by atoms with Crippen molar-refractivity contribution in [3.8, 4) is 0 Å². The molecular formula is C13H16N2O3. The Labute approximate surface area is 105 Å². The van der Waals surface area contributed by atoms with E-state index in [1.165, 1.54) is 6.20 Å². The highest BCUT2D eigenvalue weighted by Crippen LogP contribution is 2.24. The minimum atomic E-state index is -0.833. The number of hydrogen-bond acceptors (Lipinski definition) is 3. The van der Waals surface area contributed by atoms with Crippen molar-refractivity contribution in [1.82, 2.24) is 9.88 Å². The van der Waals surface area contributed by atoms with Crippen LogP contribution < -0.4 is 0 Å². The summed E-state index contributed by atoms with van der Waals surface area (Å²) >= 11 is 0. The quantitative estimate of drug-likeness (QED) is 0.853. The lowest BCUT2D eigenvalue weighted by Crippen LogP contribution is -2.30. The van der Waals surface area contributed by atoms with Crippen LogP contribution >= 0.6 is 0 Å². The SMILES string of the molecule is Cc1cncc(C(=O)N2CC(C)C(C(=O)O)C2)c1. The molecule has 1 fully saturated rings. The Hall–Kier alpha value is -1.91. The number of nitrogens with zero attached hydrogens (tertiary/aromatic N) is 2. The highest BCUT2D eigenvalue weighted by atomic mass is 16.4. The number of carbonyl (C=O) groups is 2. The molecule has 0 aromatic carbocycles. The van der Waals surface area contributed by atoms with Crippen LogP contribution in [0.1, 0.15) is 22.8 Å². The van der Waals surface area contributed by atoms with Crippen LogP contribution in [-0.4, -0.2) is 40.0 Å². The molecule has 5 heteroatoms. The molecule has 5 nitrogen and oxygen atoms in total. The van der Waals surface area contributed by atoms with Gasteiger partial charge in [-0.05, 0) is 24.5 Å². The van der Waals surface area contributed by atoms with Crippen molar-refractivity contribution >= 4 is 11.9 Å². The predicted octanol–water partition coefficient (Wildman–Crippen LogP) is 1.18. The molecule has 0 saturated carbocycles. The van der Waals surface area contributed by atoms with Gasteiger partial charge >= 0.3 is 5.97 Å². The topological polar surface area (TPSA) is 70.5 Å². The maximum Gasteiger partial charge on any atom is 0.308 e. The summed E-state index contributed by atoms with van der Waals surface area (Å²) in [5, 5.41) is 9.05. The first kappa shape index (κ1) is 12.5. The standard InChI is InChI=1S/C13H16N2O3/c1-8-3-10(5-14-4-8)12(16)15-6-9(2)11(7-15)13(17)18/h3-5,9,11H,6-7H2,1-2H3,(H,17,18). The molecule has 18 heavy (non-hydrogen) atoms. The van der Waals surface area contributed by atoms with E-state index in [4.69, 9.17) is 5.11 Å². The van der Waals surface area contributed by atoms with Gasteiger partial charge in [-0.25, -0.2) is 0 Å². The number of aryl methyl sites for hydroxylation is 1. The van der Waals surface area contributed by atoms with Crippen molar-refractivity contribution in [2.24, 2.45) is 11.8 Å². The molecule has 0 spiro atoms. The Balaban J connectivity index is 2.14. The fourth-order valence-electron chi connectivity index (χ4n) is 2.31.